The molecule has 0 spiro atoms. The lowest BCUT2D eigenvalue weighted by molar-refractivity contribution is 1.18. The fourth-order valence-electron chi connectivity index (χ4n) is 22.2. The molecule has 0 amide bonds. The number of hydrogen-bond acceptors (Lipinski definition) is 6. The third kappa shape index (κ3) is 15.4. The summed E-state index contributed by atoms with van der Waals surface area (Å²) in [5.74, 6) is 0. The maximum Gasteiger partial charge on any atom is 0.252 e. The van der Waals surface area contributed by atoms with E-state index >= 15 is 0 Å². The highest BCUT2D eigenvalue weighted by Crippen LogP contribution is 2.53. The van der Waals surface area contributed by atoms with Gasteiger partial charge in [0.2, 0.25) is 0 Å². The van der Waals surface area contributed by atoms with Crippen molar-refractivity contribution in [2.75, 3.05) is 29.4 Å². The lowest BCUT2D eigenvalue weighted by Crippen LogP contribution is -2.61. The van der Waals surface area contributed by atoms with Gasteiger partial charge in [-0.2, -0.15) is 0 Å². The summed E-state index contributed by atoms with van der Waals surface area (Å²) in [5.41, 5.74) is 75.2. The molecule has 8 heteroatoms. The van der Waals surface area contributed by atoms with Gasteiger partial charge >= 0.3 is 0 Å². The quantitative estimate of drug-likeness (QED) is 0.113. The van der Waals surface area contributed by atoms with Gasteiger partial charge in [-0.25, -0.2) is 0 Å². The first-order chi connectivity index (χ1) is 64.2. The minimum Gasteiger partial charge on any atom is -0.311 e. The molecule has 0 radical (unpaired) electrons. The van der Waals surface area contributed by atoms with Crippen molar-refractivity contribution >= 4 is 149 Å². The van der Waals surface area contributed by atoms with E-state index in [1.807, 2.05) is 0 Å². The third-order valence-corrected chi connectivity index (χ3v) is 32.4. The molecule has 0 saturated heterocycles. The van der Waals surface area contributed by atoms with Crippen LogP contribution in [0.1, 0.15) is 172 Å². The Kier molecular flexibility index (Phi) is 22.9. The average Bonchev–Trinajstić information content (AvgIpc) is 0.696. The van der Waals surface area contributed by atoms with Crippen LogP contribution in [0.15, 0.2) is 224 Å². The second kappa shape index (κ2) is 34.1. The molecular weight excluding hydrogens is 1630 g/mol. The first kappa shape index (κ1) is 90.6. The monoisotopic (exact) mass is 1760 g/mol. The number of aryl methyl sites for hydroxylation is 22. The first-order valence-electron chi connectivity index (χ1n) is 48.6. The molecule has 16 aromatic carbocycles. The summed E-state index contributed by atoms with van der Waals surface area (Å²) in [6.07, 6.45) is 0. The average molecular weight is 1760 g/mol. The second-order valence-corrected chi connectivity index (χ2v) is 41.0. The Hall–Kier alpha value is -13.6. The molecule has 4 heterocycles. The van der Waals surface area contributed by atoms with Crippen LogP contribution in [0.3, 0.4) is 0 Å². The molecule has 0 N–H and O–H groups in total. The van der Waals surface area contributed by atoms with Crippen LogP contribution in [0.2, 0.25) is 0 Å². The van der Waals surface area contributed by atoms with Gasteiger partial charge in [0.1, 0.15) is 0 Å². The zero-order valence-corrected chi connectivity index (χ0v) is 85.7. The number of anilines is 18. The number of rotatable bonds is 12. The molecule has 0 fully saturated rings. The van der Waals surface area contributed by atoms with Crippen molar-refractivity contribution in [1.82, 2.24) is 0 Å². The fraction of sp³-hybridized carbons (Fsp3) is 0.244. The molecule has 674 valence electrons. The van der Waals surface area contributed by atoms with Crippen molar-refractivity contribution in [1.29, 1.82) is 0 Å². The molecule has 0 atom stereocenters. The summed E-state index contributed by atoms with van der Waals surface area (Å²) in [6.45, 7) is 69.8. The van der Waals surface area contributed by atoms with E-state index in [-0.39, 0.29) is 13.4 Å². The van der Waals surface area contributed by atoms with Crippen LogP contribution < -0.4 is 62.2 Å². The van der Waals surface area contributed by atoms with Crippen LogP contribution >= 0.6 is 0 Å². The van der Waals surface area contributed by atoms with E-state index in [0.717, 1.165) is 17.1 Å². The number of nitrogens with zero attached hydrogens (tertiary/aromatic N) is 6. The van der Waals surface area contributed by atoms with Crippen LogP contribution in [-0.4, -0.2) is 13.4 Å². The molecule has 6 nitrogen and oxygen atoms in total. The van der Waals surface area contributed by atoms with Gasteiger partial charge in [0.15, 0.2) is 0 Å². The molecular formula is C127H130B2N6. The van der Waals surface area contributed by atoms with E-state index in [9.17, 15) is 0 Å². The van der Waals surface area contributed by atoms with E-state index in [1.165, 1.54) is 313 Å². The highest BCUT2D eigenvalue weighted by molar-refractivity contribution is 7.01. The zero-order chi connectivity index (χ0) is 95.8. The van der Waals surface area contributed by atoms with Gasteiger partial charge in [-0.15, -0.1) is 0 Å². The zero-order valence-electron chi connectivity index (χ0n) is 85.7. The van der Waals surface area contributed by atoms with Gasteiger partial charge in [-0.1, -0.05) is 66.7 Å². The van der Waals surface area contributed by atoms with Crippen LogP contribution in [0, 0.1) is 215 Å². The van der Waals surface area contributed by atoms with Gasteiger partial charge in [-0.3, -0.25) is 0 Å². The number of benzene rings is 16. The molecule has 0 aromatic heterocycles. The summed E-state index contributed by atoms with van der Waals surface area (Å²) in [6, 6.07) is 88.8. The summed E-state index contributed by atoms with van der Waals surface area (Å²) < 4.78 is 0. The Morgan fingerprint density at radius 1 is 0.156 bits per heavy atom. The SMILES string of the molecule is Cc1cc2c3c(c1)N(c1cc(C)c(C)c(C)c1)c1cc(C)c(C)cc1B3c1ccc(N(c3cc(C)c(C)c(C)c3)c3cc(C)c(C)c(C)c3)cc1N2c1cc(C)c(C)c(C)c1.Cc1cc2c3c(c1)N(c1cc(C)c(C)c(C)c1)c1cc(N(c4cc(C)c(C)c(C)c4)c4cc(C)c(C)c(C)c4)ccc1B3c1cc(-c3cc(C)c(C)c(C)c3)ccc1N2c1ccc(-c2cc(C)c(C)c(C)c2)cc1. The maximum atomic E-state index is 2.60. The predicted octanol–water partition coefficient (Wildman–Crippen LogP) is 31.4. The Balaban J connectivity index is 0.000000177. The molecule has 0 saturated carbocycles. The molecule has 0 bridgehead atoms. The topological polar surface area (TPSA) is 19.4 Å². The smallest absolute Gasteiger partial charge is 0.252 e. The van der Waals surface area contributed by atoms with E-state index in [1.54, 1.807) is 0 Å². The second-order valence-electron chi connectivity index (χ2n) is 41.0. The van der Waals surface area contributed by atoms with Crippen LogP contribution in [0.4, 0.5) is 102 Å². The minimum atomic E-state index is -0.0497. The lowest BCUT2D eigenvalue weighted by Gasteiger charge is -2.45. The Bertz CT molecular complexity index is 7400. The third-order valence-electron chi connectivity index (χ3n) is 32.4. The Morgan fingerprint density at radius 3 is 0.704 bits per heavy atom. The van der Waals surface area contributed by atoms with Crippen LogP contribution in [-0.2, 0) is 0 Å². The van der Waals surface area contributed by atoms with Crippen molar-refractivity contribution in [3.63, 3.8) is 0 Å². The van der Waals surface area contributed by atoms with E-state index in [0.29, 0.717) is 0 Å². The van der Waals surface area contributed by atoms with Crippen molar-refractivity contribution in [2.45, 2.75) is 215 Å². The van der Waals surface area contributed by atoms with Crippen molar-refractivity contribution < 1.29 is 0 Å². The molecule has 16 aromatic rings. The van der Waals surface area contributed by atoms with E-state index in [4.69, 9.17) is 0 Å². The molecule has 20 rings (SSSR count). The highest BCUT2D eigenvalue weighted by Gasteiger charge is 2.47. The Labute approximate surface area is 806 Å². The van der Waals surface area contributed by atoms with Crippen molar-refractivity contribution in [2.24, 2.45) is 0 Å². The lowest BCUT2D eigenvalue weighted by atomic mass is 9.33. The molecule has 0 aliphatic carbocycles. The molecule has 135 heavy (non-hydrogen) atoms. The number of hydrogen-bond donors (Lipinski definition) is 0. The van der Waals surface area contributed by atoms with E-state index < -0.39 is 0 Å². The van der Waals surface area contributed by atoms with Gasteiger partial charge in [0.25, 0.3) is 13.4 Å². The largest absolute Gasteiger partial charge is 0.311 e. The molecule has 4 aliphatic heterocycles. The number of fused-ring (bicyclic) bond motifs is 8. The van der Waals surface area contributed by atoms with Crippen LogP contribution in [0.5, 0.6) is 0 Å². The van der Waals surface area contributed by atoms with Gasteiger partial charge in [0.05, 0.1) is 0 Å². The van der Waals surface area contributed by atoms with Crippen molar-refractivity contribution in [3.05, 3.63) is 397 Å². The van der Waals surface area contributed by atoms with E-state index in [2.05, 4.69) is 468 Å². The van der Waals surface area contributed by atoms with Gasteiger partial charge in [-0.05, 0) is 600 Å². The highest BCUT2D eigenvalue weighted by atomic mass is 15.2. The molecule has 4 aliphatic rings. The summed E-state index contributed by atoms with van der Waals surface area (Å²) in [5, 5.41) is 0. The standard InChI is InChI=1S/C70H70BN3.C57H60BN3/c1-39-25-68-70-69(26-39)74(63-35-48(10)54(16)49(11)36-63)67-38-60(72(61-31-44(6)52(14)45(7)32-61)62-33-46(8)53(15)47(9)34-62)22-23-64(67)71(70)65-37-56(58-29-42(4)51(13)43(5)30-58)19-24-66(65)73(68)59-20-17-55(18-21-59)57-27-40(2)50(12)41(3)28-57;1-31-18-55-57-56(19-31)61(50-26-40(10)45(15)41(11)27-50)54-30-46(59(47-20-34(4)42(12)35(5)21-47)48-22-36(6)43(13)37(7)23-48)16-17-51(54)58(57)52-28-32(2)33(3)29-53(52)60(55)49-24-38(8)44(14)39(9)25-49/h17-38H,1-16H3;16-30H,1-15H3. The summed E-state index contributed by atoms with van der Waals surface area (Å²) in [7, 11) is 0. The summed E-state index contributed by atoms with van der Waals surface area (Å²) in [4.78, 5) is 15.3. The minimum absolute atomic E-state index is 0.0397. The maximum absolute atomic E-state index is 2.60. The van der Waals surface area contributed by atoms with Crippen molar-refractivity contribution in [3.8, 4) is 22.3 Å². The molecule has 0 unspecified atom stereocenters. The first-order valence-corrected chi connectivity index (χ1v) is 48.6. The Morgan fingerprint density at radius 2 is 0.400 bits per heavy atom. The summed E-state index contributed by atoms with van der Waals surface area (Å²) >= 11 is 0. The van der Waals surface area contributed by atoms with Crippen LogP contribution in [0.25, 0.3) is 22.3 Å². The van der Waals surface area contributed by atoms with Gasteiger partial charge < -0.3 is 29.4 Å². The fourth-order valence-corrected chi connectivity index (χ4v) is 22.2. The van der Waals surface area contributed by atoms with Gasteiger partial charge in [0, 0.05) is 102 Å². The normalized spacial score (nSPS) is 12.6. The predicted molar refractivity (Wildman–Crippen MR) is 588 cm³/mol.